The number of hydrogen-bond acceptors (Lipinski definition) is 3. The highest BCUT2D eigenvalue weighted by Crippen LogP contribution is 2.45. The van der Waals surface area contributed by atoms with Gasteiger partial charge in [0.25, 0.3) is 0 Å². The minimum atomic E-state index is -0.290. The van der Waals surface area contributed by atoms with Crippen molar-refractivity contribution in [3.05, 3.63) is 29.8 Å². The van der Waals surface area contributed by atoms with Crippen LogP contribution in [0, 0.1) is 6.92 Å². The smallest absolute Gasteiger partial charge is 0.307 e. The first-order chi connectivity index (χ1) is 12.5. The Morgan fingerprint density at radius 1 is 1.00 bits per heavy atom. The summed E-state index contributed by atoms with van der Waals surface area (Å²) in [5, 5.41) is 7.02. The van der Waals surface area contributed by atoms with Crippen LogP contribution >= 0.6 is 12.2 Å². The number of hydrogen-bond donors (Lipinski definition) is 2. The van der Waals surface area contributed by atoms with Crippen molar-refractivity contribution in [3.63, 3.8) is 0 Å². The number of urea groups is 1. The maximum atomic E-state index is 13.3. The molecule has 4 nitrogen and oxygen atoms in total. The van der Waals surface area contributed by atoms with E-state index in [1.165, 1.54) is 31.2 Å². The van der Waals surface area contributed by atoms with Gasteiger partial charge in [-0.1, -0.05) is 55.6 Å². The molecule has 3 aliphatic rings. The standard InChI is InChI=1S/C21H29N3OS/c1-16-8-10-17(11-9-16)22-19(25)24-18(26)20(12-4-2-5-13-20)23-21(24)14-6-3-7-15-21/h8-11,23H,2-7,12-15H2,1H3,(H,22,25). The van der Waals surface area contributed by atoms with Crippen molar-refractivity contribution in [2.45, 2.75) is 82.3 Å². The van der Waals surface area contributed by atoms with Crippen LogP contribution < -0.4 is 10.6 Å². The van der Waals surface area contributed by atoms with Crippen molar-refractivity contribution >= 4 is 28.9 Å². The van der Waals surface area contributed by atoms with Crippen LogP contribution in [0.3, 0.4) is 0 Å². The summed E-state index contributed by atoms with van der Waals surface area (Å²) >= 11 is 5.94. The summed E-state index contributed by atoms with van der Waals surface area (Å²) in [7, 11) is 0. The second kappa shape index (κ2) is 6.93. The summed E-state index contributed by atoms with van der Waals surface area (Å²) in [4.78, 5) is 16.0. The van der Waals surface area contributed by atoms with Crippen molar-refractivity contribution in [1.29, 1.82) is 0 Å². The molecule has 2 amide bonds. The zero-order valence-corrected chi connectivity index (χ0v) is 16.5. The monoisotopic (exact) mass is 371 g/mol. The number of aryl methyl sites for hydroxylation is 1. The Morgan fingerprint density at radius 3 is 2.19 bits per heavy atom. The Labute approximate surface area is 161 Å². The normalized spacial score (nSPS) is 24.2. The topological polar surface area (TPSA) is 44.4 Å². The lowest BCUT2D eigenvalue weighted by atomic mass is 9.81. The van der Waals surface area contributed by atoms with Crippen molar-refractivity contribution < 1.29 is 4.79 Å². The highest BCUT2D eigenvalue weighted by Gasteiger charge is 2.58. The highest BCUT2D eigenvalue weighted by molar-refractivity contribution is 7.80. The SMILES string of the molecule is Cc1ccc(NC(=O)N2C(=S)C3(CCCCC3)NC23CCCCC3)cc1. The molecule has 2 saturated carbocycles. The third-order valence-electron chi connectivity index (χ3n) is 6.41. The summed E-state index contributed by atoms with van der Waals surface area (Å²) < 4.78 is 0. The molecule has 1 aromatic rings. The average molecular weight is 372 g/mol. The molecule has 5 heteroatoms. The Balaban J connectivity index is 1.63. The summed E-state index contributed by atoms with van der Waals surface area (Å²) in [6, 6.07) is 7.90. The van der Waals surface area contributed by atoms with Gasteiger partial charge >= 0.3 is 6.03 Å². The first kappa shape index (κ1) is 17.9. The number of amides is 2. The number of nitrogens with one attached hydrogen (secondary N) is 2. The fourth-order valence-corrected chi connectivity index (χ4v) is 5.56. The van der Waals surface area contributed by atoms with E-state index >= 15 is 0 Å². The lowest BCUT2D eigenvalue weighted by Gasteiger charge is -2.41. The number of nitrogens with zero attached hydrogens (tertiary/aromatic N) is 1. The van der Waals surface area contributed by atoms with Gasteiger partial charge in [0.1, 0.15) is 10.7 Å². The van der Waals surface area contributed by atoms with Gasteiger partial charge in [-0.25, -0.2) is 4.79 Å². The molecule has 2 spiro atoms. The van der Waals surface area contributed by atoms with Crippen LogP contribution in [0.5, 0.6) is 0 Å². The zero-order chi connectivity index (χ0) is 18.2. The molecule has 2 N–H and O–H groups in total. The van der Waals surface area contributed by atoms with Crippen LogP contribution in [0.1, 0.15) is 69.8 Å². The van der Waals surface area contributed by atoms with Crippen molar-refractivity contribution in [2.24, 2.45) is 0 Å². The van der Waals surface area contributed by atoms with E-state index in [4.69, 9.17) is 12.2 Å². The Bertz CT molecular complexity index is 688. The van der Waals surface area contributed by atoms with Crippen LogP contribution in [0.2, 0.25) is 0 Å². The van der Waals surface area contributed by atoms with Gasteiger partial charge in [0.05, 0.1) is 5.54 Å². The summed E-state index contributed by atoms with van der Waals surface area (Å²) in [5.74, 6) is 0. The molecule has 3 fully saturated rings. The summed E-state index contributed by atoms with van der Waals surface area (Å²) in [6.45, 7) is 2.05. The molecular weight excluding hydrogens is 342 g/mol. The van der Waals surface area contributed by atoms with Crippen molar-refractivity contribution in [1.82, 2.24) is 10.2 Å². The van der Waals surface area contributed by atoms with Crippen molar-refractivity contribution in [2.75, 3.05) is 5.32 Å². The first-order valence-corrected chi connectivity index (χ1v) is 10.5. The van der Waals surface area contributed by atoms with Crippen LogP contribution in [-0.2, 0) is 0 Å². The van der Waals surface area contributed by atoms with Gasteiger partial charge in [-0.15, -0.1) is 0 Å². The molecule has 0 radical (unpaired) electrons. The van der Waals surface area contributed by atoms with Crippen LogP contribution in [0.15, 0.2) is 24.3 Å². The molecule has 0 atom stereocenters. The number of carbonyl (C=O) groups is 1. The third-order valence-corrected chi connectivity index (χ3v) is 6.98. The highest BCUT2D eigenvalue weighted by atomic mass is 32.1. The van der Waals surface area contributed by atoms with Gasteiger partial charge in [-0.05, 0) is 57.6 Å². The van der Waals surface area contributed by atoms with E-state index in [1.807, 2.05) is 29.2 Å². The fourth-order valence-electron chi connectivity index (χ4n) is 5.05. The van der Waals surface area contributed by atoms with Gasteiger partial charge < -0.3 is 5.32 Å². The second-order valence-corrected chi connectivity index (χ2v) is 8.68. The molecular formula is C21H29N3OS. The third kappa shape index (κ3) is 3.05. The molecule has 1 aromatic carbocycles. The number of rotatable bonds is 1. The van der Waals surface area contributed by atoms with Gasteiger partial charge in [0.15, 0.2) is 0 Å². The number of benzene rings is 1. The molecule has 0 bridgehead atoms. The van der Waals surface area contributed by atoms with E-state index < -0.39 is 0 Å². The molecule has 1 aliphatic heterocycles. The number of anilines is 1. The molecule has 0 aromatic heterocycles. The molecule has 4 rings (SSSR count). The fraction of sp³-hybridized carbons (Fsp3) is 0.619. The molecule has 0 unspecified atom stereocenters. The Hall–Kier alpha value is -1.46. The Morgan fingerprint density at radius 2 is 1.58 bits per heavy atom. The van der Waals surface area contributed by atoms with Crippen molar-refractivity contribution in [3.8, 4) is 0 Å². The van der Waals surface area contributed by atoms with E-state index in [9.17, 15) is 4.79 Å². The minimum absolute atomic E-state index is 0.0734. The summed E-state index contributed by atoms with van der Waals surface area (Å²) in [5.41, 5.74) is 1.57. The maximum absolute atomic E-state index is 13.3. The number of thiocarbonyl (C=S) groups is 1. The molecule has 26 heavy (non-hydrogen) atoms. The van der Waals surface area contributed by atoms with Crippen LogP contribution in [0.4, 0.5) is 10.5 Å². The van der Waals surface area contributed by atoms with E-state index in [2.05, 4.69) is 17.6 Å². The van der Waals surface area contributed by atoms with E-state index in [-0.39, 0.29) is 17.2 Å². The second-order valence-electron chi connectivity index (χ2n) is 8.30. The maximum Gasteiger partial charge on any atom is 0.328 e. The van der Waals surface area contributed by atoms with E-state index in [0.717, 1.165) is 49.2 Å². The lowest BCUT2D eigenvalue weighted by molar-refractivity contribution is 0.113. The van der Waals surface area contributed by atoms with Crippen LogP contribution in [-0.4, -0.2) is 27.1 Å². The van der Waals surface area contributed by atoms with Gasteiger partial charge in [-0.3, -0.25) is 10.2 Å². The quantitative estimate of drug-likeness (QED) is 0.673. The predicted molar refractivity (Wildman–Crippen MR) is 109 cm³/mol. The van der Waals surface area contributed by atoms with Gasteiger partial charge in [0, 0.05) is 5.69 Å². The van der Waals surface area contributed by atoms with E-state index in [0.29, 0.717) is 0 Å². The largest absolute Gasteiger partial charge is 0.328 e. The Kier molecular flexibility index (Phi) is 4.78. The predicted octanol–water partition coefficient (Wildman–Crippen LogP) is 5.12. The van der Waals surface area contributed by atoms with Gasteiger partial charge in [0.2, 0.25) is 0 Å². The van der Waals surface area contributed by atoms with E-state index in [1.54, 1.807) is 0 Å². The number of carbonyl (C=O) groups excluding carboxylic acids is 1. The molecule has 2 aliphatic carbocycles. The zero-order valence-electron chi connectivity index (χ0n) is 15.6. The molecule has 140 valence electrons. The van der Waals surface area contributed by atoms with Crippen LogP contribution in [0.25, 0.3) is 0 Å². The first-order valence-electron chi connectivity index (χ1n) is 10.1. The molecule has 1 saturated heterocycles. The minimum Gasteiger partial charge on any atom is -0.307 e. The molecule has 1 heterocycles. The summed E-state index contributed by atoms with van der Waals surface area (Å²) in [6.07, 6.45) is 11.3. The lowest BCUT2D eigenvalue weighted by Crippen LogP contribution is -2.58. The van der Waals surface area contributed by atoms with Gasteiger partial charge in [-0.2, -0.15) is 0 Å². The average Bonchev–Trinajstić information content (AvgIpc) is 2.86.